The van der Waals surface area contributed by atoms with E-state index in [9.17, 15) is 16.8 Å². The molecule has 2 unspecified atom stereocenters. The second-order valence-corrected chi connectivity index (χ2v) is 9.67. The predicted molar refractivity (Wildman–Crippen MR) is 65.0 cm³/mol. The molecule has 0 saturated carbocycles. The van der Waals surface area contributed by atoms with Crippen LogP contribution in [0.1, 0.15) is 0 Å². The summed E-state index contributed by atoms with van der Waals surface area (Å²) in [4.78, 5) is 0. The molecule has 1 rings (SSSR count). The SMILES string of the molecule is O=S(=O)(Cl)C1C(Cl)=CC=CC1(Cl)S(=O)(=O)Cl. The molecule has 0 aromatic rings. The molecule has 92 valence electrons. The first-order valence-corrected chi connectivity index (χ1v) is 9.05. The van der Waals surface area contributed by atoms with Crippen molar-refractivity contribution in [2.45, 2.75) is 9.46 Å². The zero-order chi connectivity index (χ0) is 12.8. The number of hydrogen-bond acceptors (Lipinski definition) is 4. The van der Waals surface area contributed by atoms with Crippen molar-refractivity contribution in [2.24, 2.45) is 0 Å². The van der Waals surface area contributed by atoms with E-state index in [4.69, 9.17) is 44.6 Å². The van der Waals surface area contributed by atoms with E-state index in [1.807, 2.05) is 0 Å². The van der Waals surface area contributed by atoms with Crippen molar-refractivity contribution in [3.05, 3.63) is 23.3 Å². The van der Waals surface area contributed by atoms with Crippen LogP contribution in [0, 0.1) is 0 Å². The Hall–Kier alpha value is 0.540. The van der Waals surface area contributed by atoms with E-state index >= 15 is 0 Å². The fraction of sp³-hybridized carbons (Fsp3) is 0.333. The third kappa shape index (κ3) is 2.52. The summed E-state index contributed by atoms with van der Waals surface area (Å²) in [6, 6.07) is 0. The maximum absolute atomic E-state index is 11.3. The average molecular weight is 346 g/mol. The summed E-state index contributed by atoms with van der Waals surface area (Å²) in [6.45, 7) is 0. The average Bonchev–Trinajstić information content (AvgIpc) is 1.98. The first-order chi connectivity index (χ1) is 7.00. The van der Waals surface area contributed by atoms with Gasteiger partial charge in [0.25, 0.3) is 9.05 Å². The van der Waals surface area contributed by atoms with Gasteiger partial charge < -0.3 is 0 Å². The van der Waals surface area contributed by atoms with Crippen molar-refractivity contribution < 1.29 is 16.8 Å². The molecule has 10 heteroatoms. The molecule has 2 atom stereocenters. The van der Waals surface area contributed by atoms with E-state index in [1.165, 1.54) is 12.2 Å². The highest BCUT2D eigenvalue weighted by Gasteiger charge is 2.54. The molecule has 0 fully saturated rings. The van der Waals surface area contributed by atoms with Crippen molar-refractivity contribution in [1.29, 1.82) is 0 Å². The van der Waals surface area contributed by atoms with Crippen molar-refractivity contribution in [1.82, 2.24) is 0 Å². The van der Waals surface area contributed by atoms with Crippen LogP contribution in [0.2, 0.25) is 0 Å². The van der Waals surface area contributed by atoms with Crippen molar-refractivity contribution >= 4 is 62.7 Å². The Morgan fingerprint density at radius 1 is 1.19 bits per heavy atom. The van der Waals surface area contributed by atoms with Crippen LogP contribution in [-0.2, 0) is 18.1 Å². The highest BCUT2D eigenvalue weighted by Crippen LogP contribution is 2.43. The summed E-state index contributed by atoms with van der Waals surface area (Å²) >= 11 is 11.3. The maximum Gasteiger partial charge on any atom is 0.257 e. The quantitative estimate of drug-likeness (QED) is 0.567. The Kier molecular flexibility index (Phi) is 3.95. The number of halogens is 4. The zero-order valence-electron chi connectivity index (χ0n) is 7.27. The molecule has 0 aromatic carbocycles. The van der Waals surface area contributed by atoms with Gasteiger partial charge in [-0.3, -0.25) is 0 Å². The first kappa shape index (κ1) is 14.6. The minimum atomic E-state index is -4.43. The molecular weight excluding hydrogens is 342 g/mol. The van der Waals surface area contributed by atoms with Crippen LogP contribution in [0.15, 0.2) is 23.3 Å². The maximum atomic E-state index is 11.3. The Bertz CT molecular complexity index is 561. The normalized spacial score (nSPS) is 31.2. The molecule has 0 saturated heterocycles. The van der Waals surface area contributed by atoms with Crippen LogP contribution in [0.25, 0.3) is 0 Å². The van der Waals surface area contributed by atoms with E-state index in [0.29, 0.717) is 0 Å². The van der Waals surface area contributed by atoms with Crippen LogP contribution in [0.5, 0.6) is 0 Å². The van der Waals surface area contributed by atoms with Crippen LogP contribution >= 0.6 is 44.6 Å². The van der Waals surface area contributed by atoms with Crippen molar-refractivity contribution in [3.8, 4) is 0 Å². The van der Waals surface area contributed by atoms with Gasteiger partial charge in [0.2, 0.25) is 13.3 Å². The van der Waals surface area contributed by atoms with Crippen LogP contribution < -0.4 is 0 Å². The lowest BCUT2D eigenvalue weighted by atomic mass is 10.2. The van der Waals surface area contributed by atoms with E-state index in [0.717, 1.165) is 6.08 Å². The number of allylic oxidation sites excluding steroid dienone is 2. The van der Waals surface area contributed by atoms with Gasteiger partial charge in [-0.25, -0.2) is 16.8 Å². The van der Waals surface area contributed by atoms with Gasteiger partial charge in [0, 0.05) is 26.4 Å². The molecule has 0 radical (unpaired) electrons. The van der Waals surface area contributed by atoms with Crippen molar-refractivity contribution in [3.63, 3.8) is 0 Å². The van der Waals surface area contributed by atoms with Gasteiger partial charge in [-0.05, 0) is 12.2 Å². The molecule has 1 aliphatic rings. The van der Waals surface area contributed by atoms with Crippen LogP contribution in [-0.4, -0.2) is 26.3 Å². The largest absolute Gasteiger partial charge is 0.257 e. The summed E-state index contributed by atoms with van der Waals surface area (Å²) in [6.07, 6.45) is 3.27. The monoisotopic (exact) mass is 344 g/mol. The van der Waals surface area contributed by atoms with Gasteiger partial charge in [0.1, 0.15) is 5.25 Å². The fourth-order valence-electron chi connectivity index (χ4n) is 1.17. The molecule has 0 aromatic heterocycles. The third-order valence-electron chi connectivity index (χ3n) is 1.84. The van der Waals surface area contributed by atoms with E-state index in [1.54, 1.807) is 0 Å². The van der Waals surface area contributed by atoms with E-state index < -0.39 is 27.6 Å². The molecule has 0 aliphatic heterocycles. The van der Waals surface area contributed by atoms with Gasteiger partial charge in [0.05, 0.1) is 0 Å². The summed E-state index contributed by atoms with van der Waals surface area (Å²) in [7, 11) is 1.43. The number of hydrogen-bond donors (Lipinski definition) is 0. The predicted octanol–water partition coefficient (Wildman–Crippen LogP) is 2.12. The zero-order valence-corrected chi connectivity index (χ0v) is 11.9. The minimum absolute atomic E-state index is 0.322. The Morgan fingerprint density at radius 3 is 2.00 bits per heavy atom. The topological polar surface area (TPSA) is 68.3 Å². The summed E-state index contributed by atoms with van der Waals surface area (Å²) in [5.74, 6) is 0. The van der Waals surface area contributed by atoms with Crippen LogP contribution in [0.4, 0.5) is 0 Å². The standard InChI is InChI=1S/C6H4Cl4O4S2/c7-4-2-1-3-6(8,16(10,13)14)5(4)15(9,11)12/h1-3,5H. The van der Waals surface area contributed by atoms with Gasteiger partial charge in [-0.2, -0.15) is 0 Å². The van der Waals surface area contributed by atoms with E-state index in [2.05, 4.69) is 0 Å². The number of rotatable bonds is 2. The minimum Gasteiger partial charge on any atom is -0.211 e. The lowest BCUT2D eigenvalue weighted by Crippen LogP contribution is -2.45. The van der Waals surface area contributed by atoms with Gasteiger partial charge in [0.15, 0.2) is 0 Å². The van der Waals surface area contributed by atoms with E-state index in [-0.39, 0.29) is 5.03 Å². The molecule has 4 nitrogen and oxygen atoms in total. The lowest BCUT2D eigenvalue weighted by Gasteiger charge is -2.29. The van der Waals surface area contributed by atoms with Gasteiger partial charge >= 0.3 is 0 Å². The molecule has 0 amide bonds. The lowest BCUT2D eigenvalue weighted by molar-refractivity contribution is 0.581. The third-order valence-corrected chi connectivity index (χ3v) is 7.39. The molecule has 16 heavy (non-hydrogen) atoms. The summed E-state index contributed by atoms with van der Waals surface area (Å²) < 4.78 is 42.7. The highest BCUT2D eigenvalue weighted by atomic mass is 35.7. The van der Waals surface area contributed by atoms with Crippen LogP contribution in [0.3, 0.4) is 0 Å². The molecular formula is C6H4Cl4O4S2. The smallest absolute Gasteiger partial charge is 0.211 e. The summed E-state index contributed by atoms with van der Waals surface area (Å²) in [5, 5.41) is -2.16. The Morgan fingerprint density at radius 2 is 1.69 bits per heavy atom. The number of alkyl halides is 1. The second-order valence-electron chi connectivity index (χ2n) is 2.90. The second kappa shape index (κ2) is 4.33. The first-order valence-electron chi connectivity index (χ1n) is 3.61. The van der Waals surface area contributed by atoms with Crippen molar-refractivity contribution in [2.75, 3.05) is 0 Å². The fourth-order valence-corrected chi connectivity index (χ4v) is 6.34. The molecule has 0 spiro atoms. The Labute approximate surface area is 112 Å². The molecule has 0 bridgehead atoms. The van der Waals surface area contributed by atoms with Gasteiger partial charge in [-0.15, -0.1) is 0 Å². The Balaban J connectivity index is 3.54. The molecule has 0 N–H and O–H groups in total. The van der Waals surface area contributed by atoms with Gasteiger partial charge in [-0.1, -0.05) is 29.3 Å². The summed E-state index contributed by atoms with van der Waals surface area (Å²) in [5.41, 5.74) is 0. The molecule has 1 aliphatic carbocycles. The molecule has 0 heterocycles. The highest BCUT2D eigenvalue weighted by molar-refractivity contribution is 8.18.